The first-order valence-electron chi connectivity index (χ1n) is 12.4. The van der Waals surface area contributed by atoms with Crippen molar-refractivity contribution in [2.75, 3.05) is 19.8 Å². The van der Waals surface area contributed by atoms with Gasteiger partial charge in [-0.1, -0.05) is 97.8 Å². The van der Waals surface area contributed by atoms with Crippen molar-refractivity contribution in [3.8, 4) is 0 Å². The molecule has 0 saturated carbocycles. The lowest BCUT2D eigenvalue weighted by molar-refractivity contribution is -0.155. The summed E-state index contributed by atoms with van der Waals surface area (Å²) in [5.74, 6) is -0.477. The molecule has 0 aliphatic heterocycles. The van der Waals surface area contributed by atoms with Crippen LogP contribution in [-0.4, -0.2) is 36.9 Å². The number of aliphatic hydroxyl groups is 1. The zero-order valence-corrected chi connectivity index (χ0v) is 20.0. The van der Waals surface area contributed by atoms with E-state index in [1.807, 2.05) is 0 Å². The molecule has 178 valence electrons. The second kappa shape index (κ2) is 19.8. The molecule has 0 rings (SSSR count). The third kappa shape index (κ3) is 17.7. The van der Waals surface area contributed by atoms with Crippen LogP contribution in [0, 0.1) is 5.41 Å². The Bertz CT molecular complexity index is 388. The summed E-state index contributed by atoms with van der Waals surface area (Å²) in [6, 6.07) is 0. The standard InChI is InChI=1S/C25H48O5/c1-4-6-8-10-12-14-16-18-23(27)29-21-25(3,20-26)22-30-24(28)19-17-15-13-11-9-7-5-2/h26H,4-22H2,1-3H3. The molecule has 0 aromatic rings. The number of hydrogen-bond acceptors (Lipinski definition) is 5. The van der Waals surface area contributed by atoms with E-state index in [-0.39, 0.29) is 31.8 Å². The van der Waals surface area contributed by atoms with Gasteiger partial charge in [-0.2, -0.15) is 0 Å². The van der Waals surface area contributed by atoms with Crippen molar-refractivity contribution in [1.29, 1.82) is 0 Å². The third-order valence-electron chi connectivity index (χ3n) is 5.51. The van der Waals surface area contributed by atoms with Crippen molar-refractivity contribution < 1.29 is 24.2 Å². The highest BCUT2D eigenvalue weighted by atomic mass is 16.5. The van der Waals surface area contributed by atoms with Gasteiger partial charge < -0.3 is 14.6 Å². The summed E-state index contributed by atoms with van der Waals surface area (Å²) in [6.45, 7) is 6.13. The summed E-state index contributed by atoms with van der Waals surface area (Å²) >= 11 is 0. The smallest absolute Gasteiger partial charge is 0.305 e. The number of unbranched alkanes of at least 4 members (excludes halogenated alkanes) is 12. The fourth-order valence-corrected chi connectivity index (χ4v) is 3.24. The molecule has 0 amide bonds. The van der Waals surface area contributed by atoms with Gasteiger partial charge in [0.05, 0.1) is 12.0 Å². The molecule has 0 bridgehead atoms. The molecule has 0 radical (unpaired) electrons. The Labute approximate surface area is 185 Å². The van der Waals surface area contributed by atoms with Crippen molar-refractivity contribution in [2.45, 2.75) is 124 Å². The van der Waals surface area contributed by atoms with Gasteiger partial charge in [0.2, 0.25) is 0 Å². The first kappa shape index (κ1) is 28.9. The van der Waals surface area contributed by atoms with Gasteiger partial charge in [-0.15, -0.1) is 0 Å². The Balaban J connectivity index is 3.84. The zero-order valence-electron chi connectivity index (χ0n) is 20.0. The Morgan fingerprint density at radius 2 is 0.967 bits per heavy atom. The number of carbonyl (C=O) groups is 2. The van der Waals surface area contributed by atoms with Crippen molar-refractivity contribution in [2.24, 2.45) is 5.41 Å². The second-order valence-corrected chi connectivity index (χ2v) is 9.03. The number of aliphatic hydroxyl groups excluding tert-OH is 1. The first-order chi connectivity index (χ1) is 14.5. The van der Waals surface area contributed by atoms with Crippen LogP contribution in [0.1, 0.15) is 124 Å². The van der Waals surface area contributed by atoms with E-state index in [0.29, 0.717) is 12.8 Å². The Hall–Kier alpha value is -1.10. The van der Waals surface area contributed by atoms with E-state index in [4.69, 9.17) is 9.47 Å². The summed E-state index contributed by atoms with van der Waals surface area (Å²) in [5, 5.41) is 9.66. The number of rotatable bonds is 21. The molecular weight excluding hydrogens is 380 g/mol. The molecule has 0 atom stereocenters. The summed E-state index contributed by atoms with van der Waals surface area (Å²) < 4.78 is 10.7. The van der Waals surface area contributed by atoms with Gasteiger partial charge in [0, 0.05) is 12.8 Å². The molecule has 5 nitrogen and oxygen atoms in total. The van der Waals surface area contributed by atoms with Gasteiger partial charge >= 0.3 is 11.9 Å². The lowest BCUT2D eigenvalue weighted by Gasteiger charge is -2.26. The average Bonchev–Trinajstić information content (AvgIpc) is 2.75. The van der Waals surface area contributed by atoms with Crippen molar-refractivity contribution in [3.05, 3.63) is 0 Å². The number of carbonyl (C=O) groups excluding carboxylic acids is 2. The van der Waals surface area contributed by atoms with Crippen LogP contribution in [0.25, 0.3) is 0 Å². The monoisotopic (exact) mass is 428 g/mol. The van der Waals surface area contributed by atoms with Crippen LogP contribution < -0.4 is 0 Å². The minimum atomic E-state index is -0.744. The predicted molar refractivity (Wildman–Crippen MR) is 122 cm³/mol. The minimum absolute atomic E-state index is 0.0730. The second-order valence-electron chi connectivity index (χ2n) is 9.03. The van der Waals surface area contributed by atoms with Gasteiger partial charge in [0.25, 0.3) is 0 Å². The van der Waals surface area contributed by atoms with Crippen LogP contribution in [0.4, 0.5) is 0 Å². The molecule has 0 aromatic heterocycles. The number of esters is 2. The van der Waals surface area contributed by atoms with Gasteiger partial charge in [-0.25, -0.2) is 0 Å². The highest BCUT2D eigenvalue weighted by Crippen LogP contribution is 2.18. The maximum absolute atomic E-state index is 11.9. The molecule has 1 N–H and O–H groups in total. The van der Waals surface area contributed by atoms with E-state index in [2.05, 4.69) is 13.8 Å². The summed E-state index contributed by atoms with van der Waals surface area (Å²) in [5.41, 5.74) is -0.744. The molecule has 30 heavy (non-hydrogen) atoms. The summed E-state index contributed by atoms with van der Waals surface area (Å²) in [7, 11) is 0. The van der Waals surface area contributed by atoms with Crippen molar-refractivity contribution in [1.82, 2.24) is 0 Å². The van der Waals surface area contributed by atoms with Crippen LogP contribution in [0.5, 0.6) is 0 Å². The van der Waals surface area contributed by atoms with Crippen molar-refractivity contribution >= 4 is 11.9 Å². The molecule has 0 saturated heterocycles. The predicted octanol–water partition coefficient (Wildman–Crippen LogP) is 6.35. The SMILES string of the molecule is CCCCCCCCCC(=O)OCC(C)(CO)COC(=O)CCCCCCCCC. The van der Waals surface area contributed by atoms with Gasteiger partial charge in [0.15, 0.2) is 0 Å². The van der Waals surface area contributed by atoms with E-state index in [1.165, 1.54) is 51.4 Å². The van der Waals surface area contributed by atoms with E-state index < -0.39 is 5.41 Å². The van der Waals surface area contributed by atoms with Gasteiger partial charge in [-0.3, -0.25) is 9.59 Å². The number of ether oxygens (including phenoxy) is 2. The minimum Gasteiger partial charge on any atom is -0.465 e. The van der Waals surface area contributed by atoms with Crippen LogP contribution in [0.3, 0.4) is 0 Å². The summed E-state index contributed by atoms with van der Waals surface area (Å²) in [6.07, 6.45) is 17.0. The Morgan fingerprint density at radius 1 is 0.633 bits per heavy atom. The molecule has 0 spiro atoms. The lowest BCUT2D eigenvalue weighted by Crippen LogP contribution is -2.35. The molecular formula is C25H48O5. The molecule has 0 heterocycles. The lowest BCUT2D eigenvalue weighted by atomic mass is 9.94. The molecule has 0 aliphatic carbocycles. The van der Waals surface area contributed by atoms with E-state index in [1.54, 1.807) is 6.92 Å². The van der Waals surface area contributed by atoms with E-state index in [9.17, 15) is 14.7 Å². The molecule has 0 aromatic carbocycles. The van der Waals surface area contributed by atoms with Crippen LogP contribution >= 0.6 is 0 Å². The largest absolute Gasteiger partial charge is 0.465 e. The normalized spacial score (nSPS) is 11.5. The van der Waals surface area contributed by atoms with Crippen molar-refractivity contribution in [3.63, 3.8) is 0 Å². The fraction of sp³-hybridized carbons (Fsp3) is 0.920. The van der Waals surface area contributed by atoms with Gasteiger partial charge in [0.1, 0.15) is 13.2 Å². The maximum Gasteiger partial charge on any atom is 0.305 e. The topological polar surface area (TPSA) is 72.8 Å². The quantitative estimate of drug-likeness (QED) is 0.170. The van der Waals surface area contributed by atoms with Crippen LogP contribution in [0.15, 0.2) is 0 Å². The molecule has 0 unspecified atom stereocenters. The maximum atomic E-state index is 11.9. The van der Waals surface area contributed by atoms with Gasteiger partial charge in [-0.05, 0) is 12.8 Å². The Kier molecular flexibility index (Phi) is 19.1. The molecule has 0 aliphatic rings. The average molecular weight is 429 g/mol. The fourth-order valence-electron chi connectivity index (χ4n) is 3.24. The Morgan fingerprint density at radius 3 is 1.30 bits per heavy atom. The van der Waals surface area contributed by atoms with E-state index in [0.717, 1.165) is 38.5 Å². The summed E-state index contributed by atoms with van der Waals surface area (Å²) in [4.78, 5) is 23.9. The molecule has 0 fully saturated rings. The van der Waals surface area contributed by atoms with Crippen LogP contribution in [0.2, 0.25) is 0 Å². The third-order valence-corrected chi connectivity index (χ3v) is 5.51. The highest BCUT2D eigenvalue weighted by molar-refractivity contribution is 5.69. The molecule has 5 heteroatoms. The first-order valence-corrected chi connectivity index (χ1v) is 12.4. The highest BCUT2D eigenvalue weighted by Gasteiger charge is 2.27. The number of hydrogen-bond donors (Lipinski definition) is 1. The zero-order chi connectivity index (χ0) is 22.5. The van der Waals surface area contributed by atoms with E-state index >= 15 is 0 Å². The van der Waals surface area contributed by atoms with Crippen LogP contribution in [-0.2, 0) is 19.1 Å².